The summed E-state index contributed by atoms with van der Waals surface area (Å²) in [7, 11) is 0. The molecular weight excluding hydrogens is 319 g/mol. The zero-order valence-electron chi connectivity index (χ0n) is 15.9. The minimum Gasteiger partial charge on any atom is -0.312 e. The number of halogens is 1. The summed E-state index contributed by atoms with van der Waals surface area (Å²) < 4.78 is 14.4. The number of anilines is 1. The molecule has 3 rings (SSSR count). The molecule has 1 aromatic rings. The first kappa shape index (κ1) is 18.3. The average molecular weight is 348 g/mol. The number of nitrogens with one attached hydrogen (secondary N) is 1. The Morgan fingerprint density at radius 1 is 1.48 bits per heavy atom. The van der Waals surface area contributed by atoms with Crippen LogP contribution in [-0.4, -0.2) is 54.6 Å². The third-order valence-corrected chi connectivity index (χ3v) is 5.15. The summed E-state index contributed by atoms with van der Waals surface area (Å²) >= 11 is 0. The van der Waals surface area contributed by atoms with Crippen LogP contribution in [0.1, 0.15) is 45.9 Å². The summed E-state index contributed by atoms with van der Waals surface area (Å²) in [5, 5.41) is 3.39. The molecule has 1 amide bonds. The molecule has 1 N–H and O–H groups in total. The number of alkyl halides is 1. The van der Waals surface area contributed by atoms with Crippen LogP contribution in [0.15, 0.2) is 12.3 Å². The molecule has 1 fully saturated rings. The van der Waals surface area contributed by atoms with Crippen LogP contribution < -0.4 is 10.2 Å². The normalized spacial score (nSPS) is 23.6. The molecule has 2 aliphatic heterocycles. The van der Waals surface area contributed by atoms with Gasteiger partial charge in [-0.05, 0) is 26.8 Å². The van der Waals surface area contributed by atoms with E-state index in [4.69, 9.17) is 0 Å². The van der Waals surface area contributed by atoms with Gasteiger partial charge < -0.3 is 10.2 Å². The Labute approximate surface area is 149 Å². The minimum atomic E-state index is -1.47. The van der Waals surface area contributed by atoms with E-state index in [1.54, 1.807) is 17.2 Å². The van der Waals surface area contributed by atoms with Gasteiger partial charge in [0.1, 0.15) is 5.67 Å². The van der Waals surface area contributed by atoms with Gasteiger partial charge in [-0.2, -0.15) is 0 Å². The zero-order valence-corrected chi connectivity index (χ0v) is 15.9. The Balaban J connectivity index is 1.85. The van der Waals surface area contributed by atoms with Gasteiger partial charge in [-0.15, -0.1) is 0 Å². The molecule has 1 saturated heterocycles. The predicted molar refractivity (Wildman–Crippen MR) is 97.7 cm³/mol. The van der Waals surface area contributed by atoms with Crippen LogP contribution in [0.25, 0.3) is 0 Å². The van der Waals surface area contributed by atoms with E-state index in [0.717, 1.165) is 31.0 Å². The van der Waals surface area contributed by atoms with Crippen LogP contribution in [0, 0.1) is 0 Å². The molecule has 0 aliphatic carbocycles. The Morgan fingerprint density at radius 2 is 2.20 bits per heavy atom. The maximum absolute atomic E-state index is 14.4. The van der Waals surface area contributed by atoms with Gasteiger partial charge in [0.25, 0.3) is 0 Å². The van der Waals surface area contributed by atoms with Crippen molar-refractivity contribution in [3.8, 4) is 0 Å². The molecule has 5 nitrogen and oxygen atoms in total. The van der Waals surface area contributed by atoms with E-state index in [0.29, 0.717) is 24.7 Å². The molecule has 0 saturated carbocycles. The van der Waals surface area contributed by atoms with Gasteiger partial charge in [-0.3, -0.25) is 14.7 Å². The van der Waals surface area contributed by atoms with Crippen LogP contribution in [0.5, 0.6) is 0 Å². The van der Waals surface area contributed by atoms with E-state index in [1.807, 2.05) is 0 Å². The van der Waals surface area contributed by atoms with Crippen molar-refractivity contribution in [3.05, 3.63) is 23.5 Å². The first-order valence-electron chi connectivity index (χ1n) is 9.04. The predicted octanol–water partition coefficient (Wildman–Crippen LogP) is 2.20. The smallest absolute Gasteiger partial charge is 0.241 e. The van der Waals surface area contributed by atoms with E-state index < -0.39 is 5.67 Å². The molecule has 1 atom stereocenters. The van der Waals surface area contributed by atoms with Gasteiger partial charge in [0.2, 0.25) is 5.91 Å². The Morgan fingerprint density at radius 3 is 2.84 bits per heavy atom. The lowest BCUT2D eigenvalue weighted by molar-refractivity contribution is -0.120. The Hall–Kier alpha value is -1.53. The topological polar surface area (TPSA) is 48.5 Å². The highest BCUT2D eigenvalue weighted by molar-refractivity contribution is 5.97. The van der Waals surface area contributed by atoms with Gasteiger partial charge in [-0.1, -0.05) is 13.8 Å². The molecule has 2 aliphatic rings. The fraction of sp³-hybridized carbons (Fsp3) is 0.684. The standard InChI is InChI=1S/C19H29FN4O/c1-13-10-23(7-6-21-13)11-16(25)24-12-18(2,3)17-15(24)8-14(9-22-17)19(4,5)20/h8-9,13,21H,6-7,10-12H2,1-5H3. The summed E-state index contributed by atoms with van der Waals surface area (Å²) in [4.78, 5) is 21.5. The molecule has 0 aromatic carbocycles. The zero-order chi connectivity index (χ0) is 18.4. The highest BCUT2D eigenvalue weighted by Crippen LogP contribution is 2.41. The number of amides is 1. The highest BCUT2D eigenvalue weighted by Gasteiger charge is 2.40. The van der Waals surface area contributed by atoms with Gasteiger partial charge >= 0.3 is 0 Å². The van der Waals surface area contributed by atoms with Crippen molar-refractivity contribution < 1.29 is 9.18 Å². The number of carbonyl (C=O) groups excluding carboxylic acids is 1. The first-order valence-corrected chi connectivity index (χ1v) is 9.04. The van der Waals surface area contributed by atoms with E-state index in [9.17, 15) is 9.18 Å². The van der Waals surface area contributed by atoms with E-state index >= 15 is 0 Å². The average Bonchev–Trinajstić information content (AvgIpc) is 2.78. The number of rotatable bonds is 3. The minimum absolute atomic E-state index is 0.0662. The number of pyridine rings is 1. The van der Waals surface area contributed by atoms with Gasteiger partial charge in [0.05, 0.1) is 17.9 Å². The molecule has 0 bridgehead atoms. The summed E-state index contributed by atoms with van der Waals surface area (Å²) in [5.41, 5.74) is 0.458. The molecule has 138 valence electrons. The van der Waals surface area contributed by atoms with Gasteiger partial charge in [0, 0.05) is 49.4 Å². The monoisotopic (exact) mass is 348 g/mol. The van der Waals surface area contributed by atoms with Gasteiger partial charge in [-0.25, -0.2) is 4.39 Å². The summed E-state index contributed by atoms with van der Waals surface area (Å²) in [5.74, 6) is 0.0662. The summed E-state index contributed by atoms with van der Waals surface area (Å²) in [6.45, 7) is 13.0. The molecule has 25 heavy (non-hydrogen) atoms. The lowest BCUT2D eigenvalue weighted by Crippen LogP contribution is -2.52. The fourth-order valence-corrected chi connectivity index (χ4v) is 3.72. The molecule has 1 aromatic heterocycles. The summed E-state index contributed by atoms with van der Waals surface area (Å²) in [6, 6.07) is 2.19. The van der Waals surface area contributed by atoms with Crippen LogP contribution in [-0.2, 0) is 15.9 Å². The summed E-state index contributed by atoms with van der Waals surface area (Å²) in [6.07, 6.45) is 1.60. The van der Waals surface area contributed by atoms with Crippen LogP contribution in [0.2, 0.25) is 0 Å². The van der Waals surface area contributed by atoms with Crippen LogP contribution in [0.3, 0.4) is 0 Å². The molecule has 6 heteroatoms. The number of nitrogens with zero attached hydrogens (tertiary/aromatic N) is 3. The Kier molecular flexibility index (Phi) is 4.62. The highest BCUT2D eigenvalue weighted by atomic mass is 19.1. The molecular formula is C19H29FN4O. The number of carbonyl (C=O) groups is 1. The second-order valence-electron chi connectivity index (χ2n) is 8.52. The number of aromatic nitrogens is 1. The van der Waals surface area contributed by atoms with E-state index in [1.165, 1.54) is 13.8 Å². The largest absolute Gasteiger partial charge is 0.312 e. The SMILES string of the molecule is CC1CN(CC(=O)N2CC(C)(C)c3ncc(C(C)(C)F)cc32)CCN1. The maximum atomic E-state index is 14.4. The molecule has 0 spiro atoms. The molecule has 3 heterocycles. The fourth-order valence-electron chi connectivity index (χ4n) is 3.72. The second kappa shape index (κ2) is 6.32. The van der Waals surface area contributed by atoms with Crippen molar-refractivity contribution in [1.29, 1.82) is 0 Å². The third kappa shape index (κ3) is 3.70. The van der Waals surface area contributed by atoms with E-state index in [2.05, 4.69) is 36.0 Å². The quantitative estimate of drug-likeness (QED) is 0.910. The van der Waals surface area contributed by atoms with Crippen molar-refractivity contribution in [2.45, 2.75) is 51.7 Å². The number of fused-ring (bicyclic) bond motifs is 1. The van der Waals surface area contributed by atoms with Crippen molar-refractivity contribution in [3.63, 3.8) is 0 Å². The van der Waals surface area contributed by atoms with Crippen molar-refractivity contribution in [1.82, 2.24) is 15.2 Å². The third-order valence-electron chi connectivity index (χ3n) is 5.15. The lowest BCUT2D eigenvalue weighted by atomic mass is 9.90. The maximum Gasteiger partial charge on any atom is 0.241 e. The molecule has 0 radical (unpaired) electrons. The van der Waals surface area contributed by atoms with Crippen LogP contribution in [0.4, 0.5) is 10.1 Å². The van der Waals surface area contributed by atoms with Crippen molar-refractivity contribution in [2.24, 2.45) is 0 Å². The number of hydrogen-bond acceptors (Lipinski definition) is 4. The van der Waals surface area contributed by atoms with Crippen LogP contribution >= 0.6 is 0 Å². The van der Waals surface area contributed by atoms with Crippen molar-refractivity contribution in [2.75, 3.05) is 37.6 Å². The van der Waals surface area contributed by atoms with Gasteiger partial charge in [0.15, 0.2) is 0 Å². The van der Waals surface area contributed by atoms with Crippen molar-refractivity contribution >= 4 is 11.6 Å². The lowest BCUT2D eigenvalue weighted by Gasteiger charge is -2.32. The first-order chi connectivity index (χ1) is 11.6. The second-order valence-corrected chi connectivity index (χ2v) is 8.52. The van der Waals surface area contributed by atoms with E-state index in [-0.39, 0.29) is 11.3 Å². The number of piperazine rings is 1. The Bertz CT molecular complexity index is 668. The molecule has 1 unspecified atom stereocenters. The number of hydrogen-bond donors (Lipinski definition) is 1.